The first-order valence-corrected chi connectivity index (χ1v) is 9.90. The van der Waals surface area contributed by atoms with Gasteiger partial charge in [-0.3, -0.25) is 0 Å². The van der Waals surface area contributed by atoms with Gasteiger partial charge in [-0.1, -0.05) is 34.1 Å². The fourth-order valence-corrected chi connectivity index (χ4v) is 3.17. The summed E-state index contributed by atoms with van der Waals surface area (Å²) in [6.07, 6.45) is 1.67. The molecule has 0 spiro atoms. The quantitative estimate of drug-likeness (QED) is 0.463. The highest BCUT2D eigenvalue weighted by Gasteiger charge is 2.15. The minimum atomic E-state index is 0.565. The topological polar surface area (TPSA) is 37.6 Å². The Morgan fingerprint density at radius 2 is 1.85 bits per heavy atom. The molecule has 0 unspecified atom stereocenters. The highest BCUT2D eigenvalue weighted by molar-refractivity contribution is 9.10. The number of furan rings is 1. The van der Waals surface area contributed by atoms with Gasteiger partial charge in [-0.25, -0.2) is 0 Å². The second-order valence-electron chi connectivity index (χ2n) is 5.91. The first-order valence-electron chi connectivity index (χ1n) is 8.70. The molecule has 140 valence electrons. The first kappa shape index (κ1) is 19.5. The number of benzene rings is 2. The number of ether oxygens (including phenoxy) is 1. The summed E-state index contributed by atoms with van der Waals surface area (Å²) < 4.78 is 12.3. The van der Waals surface area contributed by atoms with Gasteiger partial charge in [-0.05, 0) is 61.6 Å². The van der Waals surface area contributed by atoms with Gasteiger partial charge >= 0.3 is 0 Å². The van der Waals surface area contributed by atoms with E-state index in [1.165, 1.54) is 0 Å². The molecule has 0 aliphatic heterocycles. The van der Waals surface area contributed by atoms with Crippen molar-refractivity contribution in [3.05, 3.63) is 82.7 Å². The Bertz CT molecular complexity index is 866. The fraction of sp³-hybridized carbons (Fsp3) is 0.190. The maximum Gasteiger partial charge on any atom is 0.174 e. The maximum absolute atomic E-state index is 5.77. The van der Waals surface area contributed by atoms with Crippen molar-refractivity contribution < 1.29 is 9.15 Å². The molecule has 1 aromatic heterocycles. The summed E-state index contributed by atoms with van der Waals surface area (Å²) >= 11 is 9.14. The molecule has 0 bridgehead atoms. The van der Waals surface area contributed by atoms with Crippen molar-refractivity contribution in [2.45, 2.75) is 20.0 Å². The van der Waals surface area contributed by atoms with Gasteiger partial charge < -0.3 is 19.4 Å². The van der Waals surface area contributed by atoms with Gasteiger partial charge in [0.25, 0.3) is 0 Å². The molecule has 6 heteroatoms. The Balaban J connectivity index is 1.80. The van der Waals surface area contributed by atoms with Gasteiger partial charge in [-0.2, -0.15) is 0 Å². The van der Waals surface area contributed by atoms with Crippen LogP contribution in [-0.2, 0) is 13.1 Å². The minimum Gasteiger partial charge on any atom is -0.494 e. The monoisotopic (exact) mass is 444 g/mol. The number of anilines is 1. The van der Waals surface area contributed by atoms with Crippen molar-refractivity contribution in [1.29, 1.82) is 0 Å². The van der Waals surface area contributed by atoms with Crippen LogP contribution in [0.25, 0.3) is 0 Å². The fourth-order valence-electron chi connectivity index (χ4n) is 2.66. The molecule has 4 nitrogen and oxygen atoms in total. The van der Waals surface area contributed by atoms with E-state index in [4.69, 9.17) is 21.4 Å². The van der Waals surface area contributed by atoms with E-state index in [1.807, 2.05) is 61.5 Å². The van der Waals surface area contributed by atoms with Crippen LogP contribution >= 0.6 is 28.1 Å². The zero-order valence-corrected chi connectivity index (χ0v) is 17.4. The van der Waals surface area contributed by atoms with Gasteiger partial charge in [0.15, 0.2) is 5.11 Å². The molecule has 3 rings (SSSR count). The molecule has 1 N–H and O–H groups in total. The average molecular weight is 445 g/mol. The lowest BCUT2D eigenvalue weighted by Crippen LogP contribution is -2.33. The van der Waals surface area contributed by atoms with E-state index in [0.29, 0.717) is 24.8 Å². The normalized spacial score (nSPS) is 10.4. The molecule has 0 aliphatic rings. The molecule has 0 fully saturated rings. The van der Waals surface area contributed by atoms with Crippen molar-refractivity contribution in [2.75, 3.05) is 11.9 Å². The molecule has 2 aromatic carbocycles. The second kappa shape index (κ2) is 9.58. The zero-order valence-electron chi connectivity index (χ0n) is 15.0. The average Bonchev–Trinajstić information content (AvgIpc) is 3.18. The van der Waals surface area contributed by atoms with Gasteiger partial charge in [-0.15, -0.1) is 0 Å². The van der Waals surface area contributed by atoms with Crippen molar-refractivity contribution >= 4 is 38.9 Å². The highest BCUT2D eigenvalue weighted by Crippen LogP contribution is 2.22. The third kappa shape index (κ3) is 5.58. The molecule has 0 aliphatic carbocycles. The van der Waals surface area contributed by atoms with Crippen molar-refractivity contribution in [3.8, 4) is 5.75 Å². The molecule has 1 heterocycles. The van der Waals surface area contributed by atoms with Crippen LogP contribution in [0.5, 0.6) is 5.75 Å². The molecular formula is C21H21BrN2O2S. The number of hydrogen-bond donors (Lipinski definition) is 1. The van der Waals surface area contributed by atoms with Crippen LogP contribution in [0.3, 0.4) is 0 Å². The first-order chi connectivity index (χ1) is 13.2. The Morgan fingerprint density at radius 3 is 2.56 bits per heavy atom. The largest absolute Gasteiger partial charge is 0.494 e. The number of rotatable bonds is 7. The minimum absolute atomic E-state index is 0.565. The third-order valence-corrected chi connectivity index (χ3v) is 4.83. The Morgan fingerprint density at radius 1 is 1.07 bits per heavy atom. The van der Waals surface area contributed by atoms with Crippen molar-refractivity contribution in [1.82, 2.24) is 4.90 Å². The van der Waals surface area contributed by atoms with E-state index in [1.54, 1.807) is 6.26 Å². The summed E-state index contributed by atoms with van der Waals surface area (Å²) in [5, 5.41) is 3.93. The lowest BCUT2D eigenvalue weighted by atomic mass is 10.2. The van der Waals surface area contributed by atoms with E-state index in [9.17, 15) is 0 Å². The predicted octanol–water partition coefficient (Wildman–Crippen LogP) is 5.84. The van der Waals surface area contributed by atoms with E-state index >= 15 is 0 Å². The molecule has 0 saturated carbocycles. The van der Waals surface area contributed by atoms with Crippen LogP contribution < -0.4 is 10.1 Å². The van der Waals surface area contributed by atoms with E-state index in [0.717, 1.165) is 27.2 Å². The van der Waals surface area contributed by atoms with E-state index < -0.39 is 0 Å². The number of nitrogens with one attached hydrogen (secondary N) is 1. The Hall–Kier alpha value is -2.31. The molecule has 27 heavy (non-hydrogen) atoms. The lowest BCUT2D eigenvalue weighted by Gasteiger charge is -2.26. The van der Waals surface area contributed by atoms with Crippen LogP contribution in [-0.4, -0.2) is 16.6 Å². The summed E-state index contributed by atoms with van der Waals surface area (Å²) in [4.78, 5) is 2.06. The zero-order chi connectivity index (χ0) is 19.1. The standard InChI is InChI=1S/C21H21BrN2O2S/c1-2-25-20-8-4-3-6-16(20)14-24(15-19-7-5-13-26-19)21(27)23-18-11-9-17(22)10-12-18/h3-13H,2,14-15H2,1H3,(H,23,27). The summed E-state index contributed by atoms with van der Waals surface area (Å²) in [5.74, 6) is 1.72. The van der Waals surface area contributed by atoms with Crippen molar-refractivity contribution in [2.24, 2.45) is 0 Å². The third-order valence-electron chi connectivity index (χ3n) is 3.94. The van der Waals surface area contributed by atoms with Crippen LogP contribution in [0.1, 0.15) is 18.2 Å². The number of para-hydroxylation sites is 1. The molecule has 0 saturated heterocycles. The summed E-state index contributed by atoms with van der Waals surface area (Å²) in [6, 6.07) is 19.8. The van der Waals surface area contributed by atoms with Gasteiger partial charge in [0, 0.05) is 22.3 Å². The van der Waals surface area contributed by atoms with Crippen LogP contribution in [0.4, 0.5) is 5.69 Å². The Kier molecular flexibility index (Phi) is 6.90. The molecule has 0 atom stereocenters. The second-order valence-corrected chi connectivity index (χ2v) is 7.22. The number of thiocarbonyl (C=S) groups is 1. The number of nitrogens with zero attached hydrogens (tertiary/aromatic N) is 1. The molecule has 3 aromatic rings. The van der Waals surface area contributed by atoms with Crippen LogP contribution in [0.2, 0.25) is 0 Å². The summed E-state index contributed by atoms with van der Waals surface area (Å²) in [6.45, 7) is 3.78. The molecule has 0 radical (unpaired) electrons. The lowest BCUT2D eigenvalue weighted by molar-refractivity contribution is 0.320. The SMILES string of the molecule is CCOc1ccccc1CN(Cc1ccco1)C(=S)Nc1ccc(Br)cc1. The summed E-state index contributed by atoms with van der Waals surface area (Å²) in [7, 11) is 0. The van der Waals surface area contributed by atoms with Crippen LogP contribution in [0, 0.1) is 0 Å². The predicted molar refractivity (Wildman–Crippen MR) is 116 cm³/mol. The molecular weight excluding hydrogens is 424 g/mol. The summed E-state index contributed by atoms with van der Waals surface area (Å²) in [5.41, 5.74) is 2.01. The van der Waals surface area contributed by atoms with Gasteiger partial charge in [0.1, 0.15) is 11.5 Å². The number of halogens is 1. The van der Waals surface area contributed by atoms with E-state index in [2.05, 4.69) is 32.2 Å². The van der Waals surface area contributed by atoms with Crippen molar-refractivity contribution in [3.63, 3.8) is 0 Å². The highest BCUT2D eigenvalue weighted by atomic mass is 79.9. The molecule has 0 amide bonds. The maximum atomic E-state index is 5.77. The Labute approximate surface area is 173 Å². The van der Waals surface area contributed by atoms with Gasteiger partial charge in [0.2, 0.25) is 0 Å². The van der Waals surface area contributed by atoms with Gasteiger partial charge in [0.05, 0.1) is 19.4 Å². The van der Waals surface area contributed by atoms with E-state index in [-0.39, 0.29) is 0 Å². The van der Waals surface area contributed by atoms with Crippen LogP contribution in [0.15, 0.2) is 75.8 Å². The smallest absolute Gasteiger partial charge is 0.174 e. The number of hydrogen-bond acceptors (Lipinski definition) is 3.